The van der Waals surface area contributed by atoms with E-state index in [0.29, 0.717) is 12.6 Å². The van der Waals surface area contributed by atoms with E-state index in [4.69, 9.17) is 5.26 Å². The first-order valence-corrected chi connectivity index (χ1v) is 6.15. The zero-order valence-corrected chi connectivity index (χ0v) is 10.1. The smallest absolute Gasteiger partial charge is 0.0866 e. The molecule has 0 radical (unpaired) electrons. The second-order valence-corrected chi connectivity index (χ2v) is 4.26. The van der Waals surface area contributed by atoms with Gasteiger partial charge >= 0.3 is 0 Å². The first-order valence-electron chi connectivity index (χ1n) is 6.15. The number of hydrogen-bond acceptors (Lipinski definition) is 3. The fraction of sp³-hybridized carbons (Fsp3) is 0.917. The Kier molecular flexibility index (Phi) is 5.67. The molecule has 1 saturated heterocycles. The maximum Gasteiger partial charge on any atom is 0.0866 e. The summed E-state index contributed by atoms with van der Waals surface area (Å²) in [6.45, 7) is 9.48. The lowest BCUT2D eigenvalue weighted by Gasteiger charge is -2.31. The van der Waals surface area contributed by atoms with Gasteiger partial charge in [-0.05, 0) is 32.5 Å². The van der Waals surface area contributed by atoms with Gasteiger partial charge in [0.05, 0.1) is 12.6 Å². The van der Waals surface area contributed by atoms with E-state index in [1.807, 2.05) is 0 Å². The van der Waals surface area contributed by atoms with Gasteiger partial charge in [0.1, 0.15) is 0 Å². The SMILES string of the molecule is CCN(CC)C1CCCCN(CC#N)C1. The molecule has 1 heterocycles. The van der Waals surface area contributed by atoms with Crippen molar-refractivity contribution in [2.24, 2.45) is 0 Å². The third kappa shape index (κ3) is 3.81. The Morgan fingerprint density at radius 2 is 2.07 bits per heavy atom. The number of nitriles is 1. The zero-order valence-electron chi connectivity index (χ0n) is 10.1. The molecule has 0 aromatic carbocycles. The topological polar surface area (TPSA) is 30.3 Å². The molecule has 3 heteroatoms. The van der Waals surface area contributed by atoms with Crippen molar-refractivity contribution < 1.29 is 0 Å². The number of rotatable bonds is 4. The minimum absolute atomic E-state index is 0.595. The van der Waals surface area contributed by atoms with Crippen LogP contribution in [0.3, 0.4) is 0 Å². The predicted molar refractivity (Wildman–Crippen MR) is 62.6 cm³/mol. The molecule has 0 aromatic rings. The Labute approximate surface area is 93.7 Å². The molecule has 0 amide bonds. The fourth-order valence-electron chi connectivity index (χ4n) is 2.48. The van der Waals surface area contributed by atoms with Crippen LogP contribution in [0.4, 0.5) is 0 Å². The van der Waals surface area contributed by atoms with Crippen LogP contribution in [-0.4, -0.2) is 48.6 Å². The first-order chi connectivity index (χ1) is 7.31. The van der Waals surface area contributed by atoms with Crippen LogP contribution in [0.5, 0.6) is 0 Å². The van der Waals surface area contributed by atoms with Gasteiger partial charge in [-0.1, -0.05) is 20.3 Å². The highest BCUT2D eigenvalue weighted by Crippen LogP contribution is 2.15. The summed E-state index contributed by atoms with van der Waals surface area (Å²) >= 11 is 0. The zero-order chi connectivity index (χ0) is 11.1. The maximum absolute atomic E-state index is 8.74. The minimum atomic E-state index is 0.595. The van der Waals surface area contributed by atoms with E-state index in [0.717, 1.165) is 26.2 Å². The molecule has 86 valence electrons. The molecular weight excluding hydrogens is 186 g/mol. The minimum Gasteiger partial charge on any atom is -0.300 e. The van der Waals surface area contributed by atoms with Crippen LogP contribution in [0.15, 0.2) is 0 Å². The van der Waals surface area contributed by atoms with Gasteiger partial charge in [-0.15, -0.1) is 0 Å². The molecule has 1 rings (SSSR count). The lowest BCUT2D eigenvalue weighted by Crippen LogP contribution is -2.42. The van der Waals surface area contributed by atoms with Crippen LogP contribution in [0.25, 0.3) is 0 Å². The van der Waals surface area contributed by atoms with Crippen molar-refractivity contribution >= 4 is 0 Å². The second kappa shape index (κ2) is 6.81. The number of hydrogen-bond donors (Lipinski definition) is 0. The maximum atomic E-state index is 8.74. The highest BCUT2D eigenvalue weighted by atomic mass is 15.2. The molecule has 1 atom stereocenters. The van der Waals surface area contributed by atoms with Crippen molar-refractivity contribution in [3.05, 3.63) is 0 Å². The van der Waals surface area contributed by atoms with Gasteiger partial charge in [0, 0.05) is 12.6 Å². The van der Waals surface area contributed by atoms with Crippen LogP contribution in [0, 0.1) is 11.3 Å². The third-order valence-corrected chi connectivity index (χ3v) is 3.35. The van der Waals surface area contributed by atoms with Crippen molar-refractivity contribution in [1.82, 2.24) is 9.80 Å². The molecule has 0 spiro atoms. The Morgan fingerprint density at radius 1 is 1.33 bits per heavy atom. The van der Waals surface area contributed by atoms with Gasteiger partial charge in [-0.2, -0.15) is 5.26 Å². The van der Waals surface area contributed by atoms with E-state index >= 15 is 0 Å². The quantitative estimate of drug-likeness (QED) is 0.660. The molecule has 3 nitrogen and oxygen atoms in total. The van der Waals surface area contributed by atoms with Crippen LogP contribution < -0.4 is 0 Å². The third-order valence-electron chi connectivity index (χ3n) is 3.35. The van der Waals surface area contributed by atoms with Crippen molar-refractivity contribution in [2.45, 2.75) is 39.2 Å². The van der Waals surface area contributed by atoms with Gasteiger partial charge in [0.2, 0.25) is 0 Å². The highest BCUT2D eigenvalue weighted by Gasteiger charge is 2.21. The number of likely N-dealkylation sites (N-methyl/N-ethyl adjacent to an activating group) is 1. The molecule has 1 aliphatic heterocycles. The lowest BCUT2D eigenvalue weighted by molar-refractivity contribution is 0.165. The van der Waals surface area contributed by atoms with E-state index in [9.17, 15) is 0 Å². The Hall–Kier alpha value is -0.590. The molecule has 1 aliphatic rings. The van der Waals surface area contributed by atoms with Crippen molar-refractivity contribution in [1.29, 1.82) is 5.26 Å². The largest absolute Gasteiger partial charge is 0.300 e. The summed E-state index contributed by atoms with van der Waals surface area (Å²) < 4.78 is 0. The van der Waals surface area contributed by atoms with Gasteiger partial charge in [-0.3, -0.25) is 9.80 Å². The van der Waals surface area contributed by atoms with Crippen LogP contribution in [-0.2, 0) is 0 Å². The van der Waals surface area contributed by atoms with E-state index in [1.165, 1.54) is 19.3 Å². The van der Waals surface area contributed by atoms with Gasteiger partial charge < -0.3 is 0 Å². The fourth-order valence-corrected chi connectivity index (χ4v) is 2.48. The molecule has 0 N–H and O–H groups in total. The van der Waals surface area contributed by atoms with Crippen molar-refractivity contribution in [3.8, 4) is 6.07 Å². The summed E-state index contributed by atoms with van der Waals surface area (Å²) in [7, 11) is 0. The van der Waals surface area contributed by atoms with E-state index < -0.39 is 0 Å². The standard InChI is InChI=1S/C12H23N3/c1-3-15(4-2)12-7-5-6-9-14(11-12)10-8-13/h12H,3-7,9-11H2,1-2H3. The van der Waals surface area contributed by atoms with E-state index in [-0.39, 0.29) is 0 Å². The van der Waals surface area contributed by atoms with Crippen LogP contribution in [0.2, 0.25) is 0 Å². The molecule has 0 bridgehead atoms. The Bertz CT molecular complexity index is 205. The molecule has 1 unspecified atom stereocenters. The molecule has 0 aromatic heterocycles. The summed E-state index contributed by atoms with van der Waals surface area (Å²) in [5, 5.41) is 8.74. The second-order valence-electron chi connectivity index (χ2n) is 4.26. The van der Waals surface area contributed by atoms with Gasteiger partial charge in [0.25, 0.3) is 0 Å². The summed E-state index contributed by atoms with van der Waals surface area (Å²) in [5.41, 5.74) is 0. The van der Waals surface area contributed by atoms with E-state index in [2.05, 4.69) is 29.7 Å². The summed E-state index contributed by atoms with van der Waals surface area (Å²) in [6, 6.07) is 2.93. The average Bonchev–Trinajstić information content (AvgIpc) is 2.46. The Balaban J connectivity index is 2.52. The number of likely N-dealkylation sites (tertiary alicyclic amines) is 1. The summed E-state index contributed by atoms with van der Waals surface area (Å²) in [6.07, 6.45) is 3.85. The normalized spacial score (nSPS) is 23.7. The average molecular weight is 209 g/mol. The van der Waals surface area contributed by atoms with E-state index in [1.54, 1.807) is 0 Å². The van der Waals surface area contributed by atoms with Crippen LogP contribution in [0.1, 0.15) is 33.1 Å². The predicted octanol–water partition coefficient (Wildman–Crippen LogP) is 1.71. The number of nitrogens with zero attached hydrogens (tertiary/aromatic N) is 3. The monoisotopic (exact) mass is 209 g/mol. The molecule has 0 aliphatic carbocycles. The van der Waals surface area contributed by atoms with Gasteiger partial charge in [-0.25, -0.2) is 0 Å². The van der Waals surface area contributed by atoms with Gasteiger partial charge in [0.15, 0.2) is 0 Å². The lowest BCUT2D eigenvalue weighted by atomic mass is 10.1. The summed E-state index contributed by atoms with van der Waals surface area (Å²) in [5.74, 6) is 0. The first kappa shape index (κ1) is 12.5. The highest BCUT2D eigenvalue weighted by molar-refractivity contribution is 4.83. The Morgan fingerprint density at radius 3 is 2.67 bits per heavy atom. The van der Waals surface area contributed by atoms with Crippen LogP contribution >= 0.6 is 0 Å². The molecule has 0 saturated carbocycles. The van der Waals surface area contributed by atoms with Crippen molar-refractivity contribution in [2.75, 3.05) is 32.7 Å². The molecule has 15 heavy (non-hydrogen) atoms. The molecule has 1 fully saturated rings. The van der Waals surface area contributed by atoms with Crippen molar-refractivity contribution in [3.63, 3.8) is 0 Å². The summed E-state index contributed by atoms with van der Waals surface area (Å²) in [4.78, 5) is 4.83. The molecular formula is C12H23N3.